The number of nitrogens with one attached hydrogen (secondary N) is 2. The van der Waals surface area contributed by atoms with Gasteiger partial charge in [0, 0.05) is 5.59 Å². The van der Waals surface area contributed by atoms with Gasteiger partial charge in [0.25, 0.3) is 0 Å². The SMILES string of the molecule is N=C(N)N[N]O. The molecular formula is CH5N4O. The third-order valence-electron chi connectivity index (χ3n) is 0.170. The molecule has 0 fully saturated rings. The van der Waals surface area contributed by atoms with Gasteiger partial charge in [-0.2, -0.15) is 0 Å². The van der Waals surface area contributed by atoms with Crippen molar-refractivity contribution in [3.63, 3.8) is 0 Å². The molecule has 0 bridgehead atoms. The van der Waals surface area contributed by atoms with E-state index >= 15 is 0 Å². The molecule has 0 aliphatic carbocycles. The summed E-state index contributed by atoms with van der Waals surface area (Å²) in [4.78, 5) is 0. The minimum absolute atomic E-state index is 0.377. The summed E-state index contributed by atoms with van der Waals surface area (Å²) in [5.74, 6) is -0.377. The summed E-state index contributed by atoms with van der Waals surface area (Å²) in [6.07, 6.45) is 0. The van der Waals surface area contributed by atoms with Crippen molar-refractivity contribution < 1.29 is 5.21 Å². The highest BCUT2D eigenvalue weighted by Gasteiger charge is 1.76. The summed E-state index contributed by atoms with van der Waals surface area (Å²) >= 11 is 0. The number of hydrogen-bond acceptors (Lipinski definition) is 2. The molecule has 0 unspecified atom stereocenters. The second kappa shape index (κ2) is 2.43. The summed E-state index contributed by atoms with van der Waals surface area (Å²) in [6.45, 7) is 0. The molecule has 0 atom stereocenters. The molecule has 0 saturated heterocycles. The van der Waals surface area contributed by atoms with Gasteiger partial charge in [-0.1, -0.05) is 0 Å². The molecule has 5 N–H and O–H groups in total. The van der Waals surface area contributed by atoms with Crippen LogP contribution in [0.4, 0.5) is 0 Å². The maximum absolute atomic E-state index is 7.53. The second-order valence-electron chi connectivity index (χ2n) is 0.625. The predicted molar refractivity (Wildman–Crippen MR) is 19.0 cm³/mol. The van der Waals surface area contributed by atoms with Crippen LogP contribution < -0.4 is 16.7 Å². The van der Waals surface area contributed by atoms with Crippen LogP contribution in [-0.4, -0.2) is 11.2 Å². The van der Waals surface area contributed by atoms with Crippen LogP contribution in [0.3, 0.4) is 0 Å². The molecule has 6 heavy (non-hydrogen) atoms. The van der Waals surface area contributed by atoms with E-state index in [9.17, 15) is 0 Å². The first kappa shape index (κ1) is 5.19. The van der Waals surface area contributed by atoms with E-state index in [1.807, 2.05) is 0 Å². The van der Waals surface area contributed by atoms with Crippen LogP contribution in [0.15, 0.2) is 0 Å². The minimum atomic E-state index is -0.377. The summed E-state index contributed by atoms with van der Waals surface area (Å²) < 4.78 is 0. The van der Waals surface area contributed by atoms with Gasteiger partial charge in [0.15, 0.2) is 0 Å². The lowest BCUT2D eigenvalue weighted by atomic mass is 11.1. The molecule has 1 radical (unpaired) electrons. The van der Waals surface area contributed by atoms with Gasteiger partial charge in [-0.15, -0.1) is 0 Å². The maximum atomic E-state index is 7.53. The Balaban J connectivity index is 2.83. The quantitative estimate of drug-likeness (QED) is 0.176. The highest BCUT2D eigenvalue weighted by molar-refractivity contribution is 5.73. The topological polar surface area (TPSA) is 96.2 Å². The molecule has 0 rings (SSSR count). The third-order valence-corrected chi connectivity index (χ3v) is 0.170. The van der Waals surface area contributed by atoms with E-state index in [-0.39, 0.29) is 5.96 Å². The Morgan fingerprint density at radius 1 is 2.00 bits per heavy atom. The smallest absolute Gasteiger partial charge is 0.203 e. The molecule has 0 aromatic rings. The van der Waals surface area contributed by atoms with Crippen LogP contribution in [0.1, 0.15) is 0 Å². The molecule has 5 nitrogen and oxygen atoms in total. The van der Waals surface area contributed by atoms with Gasteiger partial charge in [0.1, 0.15) is 0 Å². The summed E-state index contributed by atoms with van der Waals surface area (Å²) in [5.41, 5.74) is 8.71. The van der Waals surface area contributed by atoms with Crippen LogP contribution >= 0.6 is 0 Å². The molecule has 5 heteroatoms. The average Bonchev–Trinajstić information content (AvgIpc) is 1.35. The average molecular weight is 89.1 g/mol. The number of guanidine groups is 1. The van der Waals surface area contributed by atoms with Crippen LogP contribution in [-0.2, 0) is 0 Å². The molecule has 0 saturated carbocycles. The maximum Gasteiger partial charge on any atom is 0.203 e. The number of rotatable bonds is 1. The number of hydrogen-bond donors (Lipinski definition) is 4. The van der Waals surface area contributed by atoms with Crippen molar-refractivity contribution in [2.45, 2.75) is 0 Å². The van der Waals surface area contributed by atoms with Crippen molar-refractivity contribution in [1.82, 2.24) is 11.0 Å². The van der Waals surface area contributed by atoms with E-state index < -0.39 is 0 Å². The Morgan fingerprint density at radius 3 is 2.50 bits per heavy atom. The first-order chi connectivity index (χ1) is 2.77. The van der Waals surface area contributed by atoms with Crippen molar-refractivity contribution in [2.75, 3.05) is 0 Å². The van der Waals surface area contributed by atoms with Crippen molar-refractivity contribution in [2.24, 2.45) is 5.73 Å². The summed E-state index contributed by atoms with van der Waals surface area (Å²) in [7, 11) is 0. The number of nitrogens with zero attached hydrogens (tertiary/aromatic N) is 1. The lowest BCUT2D eigenvalue weighted by Crippen LogP contribution is -2.34. The van der Waals surface area contributed by atoms with Gasteiger partial charge in [0.05, 0.1) is 0 Å². The van der Waals surface area contributed by atoms with Gasteiger partial charge in [-0.25, -0.2) is 5.43 Å². The molecule has 0 aliphatic rings. The van der Waals surface area contributed by atoms with E-state index in [4.69, 9.17) is 10.6 Å². The Bertz CT molecular complexity index is 51.5. The predicted octanol–water partition coefficient (Wildman–Crippen LogP) is -1.62. The zero-order chi connectivity index (χ0) is 4.99. The van der Waals surface area contributed by atoms with Gasteiger partial charge in [0.2, 0.25) is 5.96 Å². The molecule has 35 valence electrons. The normalized spacial score (nSPS) is 7.50. The van der Waals surface area contributed by atoms with Gasteiger partial charge in [-0.05, 0) is 0 Å². The first-order valence-corrected chi connectivity index (χ1v) is 1.21. The standard InChI is InChI=1S/CH5N4O/c2-1(3)4-5-6/h6H,(H4,2,3,4). The molecular weight excluding hydrogens is 84.0 g/mol. The molecule has 0 spiro atoms. The van der Waals surface area contributed by atoms with E-state index in [0.29, 0.717) is 0 Å². The largest absolute Gasteiger partial charge is 0.369 e. The molecule has 0 amide bonds. The molecule has 0 heterocycles. The fourth-order valence-electron chi connectivity index (χ4n) is 0.0539. The highest BCUT2D eigenvalue weighted by atomic mass is 16.5. The molecule has 0 aliphatic heterocycles. The summed E-state index contributed by atoms with van der Waals surface area (Å²) in [5, 5.41) is 13.8. The zero-order valence-electron chi connectivity index (χ0n) is 2.97. The van der Waals surface area contributed by atoms with Gasteiger partial charge < -0.3 is 5.73 Å². The fourth-order valence-corrected chi connectivity index (χ4v) is 0.0539. The van der Waals surface area contributed by atoms with Crippen LogP contribution in [0.2, 0.25) is 0 Å². The fraction of sp³-hybridized carbons (Fsp3) is 0. The Hall–Kier alpha value is -0.810. The van der Waals surface area contributed by atoms with E-state index in [2.05, 4.69) is 11.3 Å². The Kier molecular flexibility index (Phi) is 2.10. The molecule has 0 aromatic carbocycles. The van der Waals surface area contributed by atoms with Crippen molar-refractivity contribution in [1.29, 1.82) is 5.41 Å². The zero-order valence-corrected chi connectivity index (χ0v) is 2.97. The van der Waals surface area contributed by atoms with Crippen molar-refractivity contribution in [3.8, 4) is 0 Å². The Morgan fingerprint density at radius 2 is 2.50 bits per heavy atom. The highest BCUT2D eigenvalue weighted by Crippen LogP contribution is 1.35. The summed E-state index contributed by atoms with van der Waals surface area (Å²) in [6, 6.07) is 0. The lowest BCUT2D eigenvalue weighted by Gasteiger charge is -1.90. The Labute approximate surface area is 34.6 Å². The van der Waals surface area contributed by atoms with Crippen molar-refractivity contribution in [3.05, 3.63) is 0 Å². The second-order valence-corrected chi connectivity index (χ2v) is 0.625. The monoisotopic (exact) mass is 89.0 g/mol. The van der Waals surface area contributed by atoms with Crippen LogP contribution in [0.5, 0.6) is 0 Å². The van der Waals surface area contributed by atoms with Crippen molar-refractivity contribution >= 4 is 5.96 Å². The van der Waals surface area contributed by atoms with E-state index in [0.717, 1.165) is 0 Å². The molecule has 0 aromatic heterocycles. The first-order valence-electron chi connectivity index (χ1n) is 1.21. The van der Waals surface area contributed by atoms with Gasteiger partial charge in [-0.3, -0.25) is 10.6 Å². The minimum Gasteiger partial charge on any atom is -0.369 e. The van der Waals surface area contributed by atoms with E-state index in [1.165, 1.54) is 0 Å². The third kappa shape index (κ3) is 3.19. The van der Waals surface area contributed by atoms with E-state index in [1.54, 1.807) is 5.43 Å². The lowest BCUT2D eigenvalue weighted by molar-refractivity contribution is 0.133. The van der Waals surface area contributed by atoms with Crippen LogP contribution in [0.25, 0.3) is 0 Å². The number of nitrogens with two attached hydrogens (primary N) is 1. The van der Waals surface area contributed by atoms with Crippen LogP contribution in [0, 0.1) is 5.41 Å². The van der Waals surface area contributed by atoms with Gasteiger partial charge >= 0.3 is 0 Å².